The Kier molecular flexibility index (Phi) is 4.87. The van der Waals surface area contributed by atoms with Gasteiger partial charge in [-0.1, -0.05) is 24.3 Å². The van der Waals surface area contributed by atoms with Crippen molar-refractivity contribution in [2.24, 2.45) is 7.05 Å². The molecule has 150 valence electrons. The average Bonchev–Trinajstić information content (AvgIpc) is 3.33. The first-order valence-electron chi connectivity index (χ1n) is 9.30. The highest BCUT2D eigenvalue weighted by molar-refractivity contribution is 7.92. The van der Waals surface area contributed by atoms with Gasteiger partial charge in [0, 0.05) is 44.5 Å². The summed E-state index contributed by atoms with van der Waals surface area (Å²) in [6.45, 7) is 0.796. The van der Waals surface area contributed by atoms with Crippen LogP contribution in [-0.4, -0.2) is 42.6 Å². The van der Waals surface area contributed by atoms with Crippen LogP contribution in [0.1, 0.15) is 21.5 Å². The number of para-hydroxylation sites is 1. The van der Waals surface area contributed by atoms with Crippen molar-refractivity contribution in [2.75, 3.05) is 17.9 Å². The van der Waals surface area contributed by atoms with Gasteiger partial charge in [0.05, 0.1) is 16.8 Å². The number of benzene rings is 2. The van der Waals surface area contributed by atoms with Crippen molar-refractivity contribution < 1.29 is 13.2 Å². The first-order valence-corrected chi connectivity index (χ1v) is 10.7. The SMILES string of the molecule is CN(Cc1cnn(C)c1)C(=O)c1cccc(S(=O)(=O)N2CCc3ccccc32)c1. The first-order chi connectivity index (χ1) is 13.9. The lowest BCUT2D eigenvalue weighted by Gasteiger charge is -2.21. The molecule has 0 atom stereocenters. The highest BCUT2D eigenvalue weighted by Crippen LogP contribution is 2.32. The zero-order chi connectivity index (χ0) is 20.6. The molecule has 0 aliphatic carbocycles. The van der Waals surface area contributed by atoms with E-state index >= 15 is 0 Å². The van der Waals surface area contributed by atoms with Crippen molar-refractivity contribution in [3.05, 3.63) is 77.6 Å². The average molecular weight is 410 g/mol. The molecular formula is C21H22N4O3S. The van der Waals surface area contributed by atoms with Gasteiger partial charge in [0.25, 0.3) is 15.9 Å². The van der Waals surface area contributed by atoms with Crippen LogP contribution in [0.3, 0.4) is 0 Å². The Morgan fingerprint density at radius 2 is 1.97 bits per heavy atom. The summed E-state index contributed by atoms with van der Waals surface area (Å²) in [4.78, 5) is 14.5. The predicted molar refractivity (Wildman–Crippen MR) is 110 cm³/mol. The second-order valence-electron chi connectivity index (χ2n) is 7.17. The molecule has 4 rings (SSSR count). The molecule has 2 heterocycles. The summed E-state index contributed by atoms with van der Waals surface area (Å²) in [6, 6.07) is 13.7. The molecule has 8 heteroatoms. The molecule has 1 aliphatic heterocycles. The normalized spacial score (nSPS) is 13.4. The summed E-state index contributed by atoms with van der Waals surface area (Å²) >= 11 is 0. The van der Waals surface area contributed by atoms with E-state index in [2.05, 4.69) is 5.10 Å². The number of nitrogens with zero attached hydrogens (tertiary/aromatic N) is 4. The number of aromatic nitrogens is 2. The smallest absolute Gasteiger partial charge is 0.264 e. The quantitative estimate of drug-likeness (QED) is 0.648. The molecule has 0 fully saturated rings. The molecule has 1 aliphatic rings. The summed E-state index contributed by atoms with van der Waals surface area (Å²) in [7, 11) is -0.237. The Bertz CT molecular complexity index is 1170. The van der Waals surface area contributed by atoms with E-state index in [1.807, 2.05) is 37.5 Å². The lowest BCUT2D eigenvalue weighted by molar-refractivity contribution is 0.0785. The molecule has 3 aromatic rings. The third-order valence-corrected chi connectivity index (χ3v) is 6.85. The van der Waals surface area contributed by atoms with E-state index in [9.17, 15) is 13.2 Å². The van der Waals surface area contributed by atoms with Gasteiger partial charge in [-0.2, -0.15) is 5.10 Å². The number of rotatable bonds is 5. The van der Waals surface area contributed by atoms with Crippen LogP contribution < -0.4 is 4.31 Å². The highest BCUT2D eigenvalue weighted by atomic mass is 32.2. The van der Waals surface area contributed by atoms with Gasteiger partial charge in [-0.05, 0) is 36.2 Å². The number of sulfonamides is 1. The summed E-state index contributed by atoms with van der Waals surface area (Å²) in [5, 5.41) is 4.10. The maximum Gasteiger partial charge on any atom is 0.264 e. The van der Waals surface area contributed by atoms with Gasteiger partial charge < -0.3 is 4.90 Å². The maximum atomic E-state index is 13.2. The van der Waals surface area contributed by atoms with Gasteiger partial charge in [-0.3, -0.25) is 13.8 Å². The number of hydrogen-bond donors (Lipinski definition) is 0. The number of hydrogen-bond acceptors (Lipinski definition) is 4. The van der Waals surface area contributed by atoms with Crippen molar-refractivity contribution in [3.63, 3.8) is 0 Å². The van der Waals surface area contributed by atoms with E-state index in [0.29, 0.717) is 30.8 Å². The van der Waals surface area contributed by atoms with Gasteiger partial charge in [0.2, 0.25) is 0 Å². The highest BCUT2D eigenvalue weighted by Gasteiger charge is 2.31. The van der Waals surface area contributed by atoms with Crippen LogP contribution >= 0.6 is 0 Å². The van der Waals surface area contributed by atoms with Crippen molar-refractivity contribution in [1.82, 2.24) is 14.7 Å². The van der Waals surface area contributed by atoms with Crippen LogP contribution in [-0.2, 0) is 30.0 Å². The zero-order valence-corrected chi connectivity index (χ0v) is 17.1. The molecule has 0 saturated carbocycles. The van der Waals surface area contributed by atoms with Crippen LogP contribution in [0, 0.1) is 0 Å². The molecule has 7 nitrogen and oxygen atoms in total. The van der Waals surface area contributed by atoms with E-state index in [4.69, 9.17) is 0 Å². The lowest BCUT2D eigenvalue weighted by Crippen LogP contribution is -2.30. The summed E-state index contributed by atoms with van der Waals surface area (Å²) in [5.41, 5.74) is 2.96. The molecular weight excluding hydrogens is 388 g/mol. The largest absolute Gasteiger partial charge is 0.337 e. The second-order valence-corrected chi connectivity index (χ2v) is 9.03. The molecule has 0 unspecified atom stereocenters. The van der Waals surface area contributed by atoms with E-state index in [-0.39, 0.29) is 10.8 Å². The standard InChI is InChI=1S/C21H22N4O3S/c1-23(14-16-13-22-24(2)15-16)21(26)18-7-5-8-19(12-18)29(27,28)25-11-10-17-6-3-4-9-20(17)25/h3-9,12-13,15H,10-11,14H2,1-2H3. The first kappa shape index (κ1) is 19.2. The van der Waals surface area contributed by atoms with Gasteiger partial charge in [-0.25, -0.2) is 8.42 Å². The van der Waals surface area contributed by atoms with Crippen LogP contribution in [0.15, 0.2) is 65.8 Å². The molecule has 0 radical (unpaired) electrons. The van der Waals surface area contributed by atoms with Crippen LogP contribution in [0.2, 0.25) is 0 Å². The Balaban J connectivity index is 1.59. The number of fused-ring (bicyclic) bond motifs is 1. The number of aryl methyl sites for hydroxylation is 1. The Hall–Kier alpha value is -3.13. The summed E-state index contributed by atoms with van der Waals surface area (Å²) < 4.78 is 29.5. The number of carbonyl (C=O) groups excluding carboxylic acids is 1. The van der Waals surface area contributed by atoms with Crippen molar-refractivity contribution in [1.29, 1.82) is 0 Å². The summed E-state index contributed by atoms with van der Waals surface area (Å²) in [6.07, 6.45) is 4.23. The molecule has 29 heavy (non-hydrogen) atoms. The van der Waals surface area contributed by atoms with Crippen molar-refractivity contribution in [2.45, 2.75) is 17.9 Å². The monoisotopic (exact) mass is 410 g/mol. The van der Waals surface area contributed by atoms with Gasteiger partial charge in [0.1, 0.15) is 0 Å². The van der Waals surface area contributed by atoms with E-state index in [0.717, 1.165) is 11.1 Å². The minimum atomic E-state index is -3.74. The van der Waals surface area contributed by atoms with Crippen LogP contribution in [0.4, 0.5) is 5.69 Å². The lowest BCUT2D eigenvalue weighted by atomic mass is 10.2. The molecule has 0 N–H and O–H groups in total. The molecule has 1 aromatic heterocycles. The van der Waals surface area contributed by atoms with E-state index < -0.39 is 10.0 Å². The van der Waals surface area contributed by atoms with Crippen molar-refractivity contribution in [3.8, 4) is 0 Å². The Morgan fingerprint density at radius 3 is 2.72 bits per heavy atom. The van der Waals surface area contributed by atoms with Crippen LogP contribution in [0.5, 0.6) is 0 Å². The fourth-order valence-electron chi connectivity index (χ4n) is 3.59. The minimum Gasteiger partial charge on any atom is -0.337 e. The Labute approximate surface area is 170 Å². The molecule has 1 amide bonds. The maximum absolute atomic E-state index is 13.2. The topological polar surface area (TPSA) is 75.5 Å². The van der Waals surface area contributed by atoms with Gasteiger partial charge in [0.15, 0.2) is 0 Å². The van der Waals surface area contributed by atoms with Crippen molar-refractivity contribution >= 4 is 21.6 Å². The molecule has 0 saturated heterocycles. The molecule has 0 spiro atoms. The van der Waals surface area contributed by atoms with Gasteiger partial charge in [-0.15, -0.1) is 0 Å². The summed E-state index contributed by atoms with van der Waals surface area (Å²) in [5.74, 6) is -0.243. The van der Waals surface area contributed by atoms with E-state index in [1.165, 1.54) is 16.4 Å². The molecule has 0 bridgehead atoms. The number of amides is 1. The zero-order valence-electron chi connectivity index (χ0n) is 16.3. The Morgan fingerprint density at radius 1 is 1.17 bits per heavy atom. The fraction of sp³-hybridized carbons (Fsp3) is 0.238. The van der Waals surface area contributed by atoms with Crippen LogP contribution in [0.25, 0.3) is 0 Å². The van der Waals surface area contributed by atoms with E-state index in [1.54, 1.807) is 35.0 Å². The predicted octanol–water partition coefficient (Wildman–Crippen LogP) is 2.44. The third kappa shape index (κ3) is 3.63. The second kappa shape index (κ2) is 7.36. The minimum absolute atomic E-state index is 0.120. The number of carbonyl (C=O) groups is 1. The fourth-order valence-corrected chi connectivity index (χ4v) is 5.14. The number of anilines is 1. The molecule has 2 aromatic carbocycles. The third-order valence-electron chi connectivity index (χ3n) is 5.04. The van der Waals surface area contributed by atoms with Gasteiger partial charge >= 0.3 is 0 Å².